The summed E-state index contributed by atoms with van der Waals surface area (Å²) >= 11 is 12.0. The molecule has 0 spiro atoms. The Labute approximate surface area is 180 Å². The van der Waals surface area contributed by atoms with E-state index in [1.54, 1.807) is 12.1 Å². The number of nitrogens with one attached hydrogen (secondary N) is 1. The zero-order valence-corrected chi connectivity index (χ0v) is 17.5. The van der Waals surface area contributed by atoms with Crippen LogP contribution in [0.2, 0.25) is 10.0 Å². The van der Waals surface area contributed by atoms with Crippen molar-refractivity contribution >= 4 is 34.8 Å². The molecule has 2 aromatic carbocycles. The molecule has 3 rings (SSSR count). The van der Waals surface area contributed by atoms with Gasteiger partial charge in [-0.2, -0.15) is 0 Å². The van der Waals surface area contributed by atoms with Crippen LogP contribution in [0.4, 0.5) is 5.69 Å². The van der Waals surface area contributed by atoms with Crippen LogP contribution < -0.4 is 15.8 Å². The Bertz CT molecular complexity index is 984. The molecular weight excluding hydrogens is 411 g/mol. The third-order valence-electron chi connectivity index (χ3n) is 4.89. The first-order valence-electron chi connectivity index (χ1n) is 9.25. The summed E-state index contributed by atoms with van der Waals surface area (Å²) in [5.74, 6) is 5.95. The van der Waals surface area contributed by atoms with Crippen LogP contribution in [0.25, 0.3) is 0 Å². The molecule has 1 saturated carbocycles. The second-order valence-corrected chi connectivity index (χ2v) is 7.98. The van der Waals surface area contributed by atoms with Crippen molar-refractivity contribution in [3.63, 3.8) is 0 Å². The lowest BCUT2D eigenvalue weighted by molar-refractivity contribution is 0.0452. The van der Waals surface area contributed by atoms with Crippen molar-refractivity contribution in [1.82, 2.24) is 5.32 Å². The molecule has 1 fully saturated rings. The van der Waals surface area contributed by atoms with Crippen molar-refractivity contribution in [3.8, 4) is 17.6 Å². The summed E-state index contributed by atoms with van der Waals surface area (Å²) in [6.07, 6.45) is 2.37. The van der Waals surface area contributed by atoms with E-state index in [4.69, 9.17) is 33.7 Å². The Morgan fingerprint density at radius 1 is 1.34 bits per heavy atom. The van der Waals surface area contributed by atoms with E-state index in [2.05, 4.69) is 17.2 Å². The third-order valence-corrected chi connectivity index (χ3v) is 5.45. The molecule has 0 aliphatic heterocycles. The number of carbonyl (C=O) groups excluding carboxylic acids is 1. The Morgan fingerprint density at radius 2 is 2.14 bits per heavy atom. The van der Waals surface area contributed by atoms with Crippen molar-refractivity contribution in [3.05, 3.63) is 57.6 Å². The number of amides is 1. The van der Waals surface area contributed by atoms with Crippen molar-refractivity contribution in [2.45, 2.75) is 37.3 Å². The molecule has 1 unspecified atom stereocenters. The molecule has 0 radical (unpaired) electrons. The largest absolute Gasteiger partial charge is 0.496 e. The maximum absolute atomic E-state index is 12.8. The fourth-order valence-electron chi connectivity index (χ4n) is 3.42. The van der Waals surface area contributed by atoms with Crippen LogP contribution in [0, 0.1) is 11.8 Å². The van der Waals surface area contributed by atoms with Gasteiger partial charge in [0, 0.05) is 29.1 Å². The molecule has 29 heavy (non-hydrogen) atoms. The van der Waals surface area contributed by atoms with E-state index in [0.29, 0.717) is 34.9 Å². The van der Waals surface area contributed by atoms with E-state index >= 15 is 0 Å². The van der Waals surface area contributed by atoms with Gasteiger partial charge in [-0.15, -0.1) is 0 Å². The number of nitrogen functional groups attached to an aromatic ring is 1. The van der Waals surface area contributed by atoms with Gasteiger partial charge in [-0.05, 0) is 43.5 Å². The smallest absolute Gasteiger partial charge is 0.255 e. The van der Waals surface area contributed by atoms with Crippen LogP contribution in [-0.4, -0.2) is 29.8 Å². The molecule has 0 saturated heterocycles. The molecule has 1 aliphatic carbocycles. The lowest BCUT2D eigenvalue weighted by Crippen LogP contribution is -2.45. The van der Waals surface area contributed by atoms with Gasteiger partial charge in [0.15, 0.2) is 0 Å². The summed E-state index contributed by atoms with van der Waals surface area (Å²) in [7, 11) is 1.46. The summed E-state index contributed by atoms with van der Waals surface area (Å²) in [4.78, 5) is 12.8. The second-order valence-electron chi connectivity index (χ2n) is 7.13. The van der Waals surface area contributed by atoms with Gasteiger partial charge in [-0.25, -0.2) is 0 Å². The summed E-state index contributed by atoms with van der Waals surface area (Å²) in [5.41, 5.74) is 5.96. The molecular formula is C22H22Cl2N2O3. The number of anilines is 1. The summed E-state index contributed by atoms with van der Waals surface area (Å²) in [6, 6.07) is 9.94. The number of aliphatic hydroxyl groups is 1. The Hall–Kier alpha value is -2.39. The predicted molar refractivity (Wildman–Crippen MR) is 115 cm³/mol. The zero-order valence-electron chi connectivity index (χ0n) is 16.0. The van der Waals surface area contributed by atoms with Gasteiger partial charge >= 0.3 is 0 Å². The monoisotopic (exact) mass is 432 g/mol. The van der Waals surface area contributed by atoms with Gasteiger partial charge in [-0.1, -0.05) is 41.1 Å². The number of carbonyl (C=O) groups is 1. The number of ether oxygens (including phenoxy) is 1. The zero-order chi connectivity index (χ0) is 21.0. The van der Waals surface area contributed by atoms with Gasteiger partial charge in [0.1, 0.15) is 11.4 Å². The van der Waals surface area contributed by atoms with Crippen LogP contribution in [0.15, 0.2) is 36.4 Å². The minimum atomic E-state index is -1.18. The van der Waals surface area contributed by atoms with Crippen LogP contribution >= 0.6 is 23.2 Å². The van der Waals surface area contributed by atoms with Crippen molar-refractivity contribution < 1.29 is 14.6 Å². The lowest BCUT2D eigenvalue weighted by atomic mass is 9.82. The van der Waals surface area contributed by atoms with Crippen molar-refractivity contribution in [2.24, 2.45) is 0 Å². The standard InChI is InChI=1S/C22H22Cl2N2O3/c1-29-20-12-19(25)18(24)11-17(20)21(27)26-16-6-3-8-22(28,13-16)9-7-14-4-2-5-15(23)10-14/h2,4-5,10-12,16,28H,3,6,8,13,25H2,1H3,(H,26,27)/t16-,22?/m0/s1. The van der Waals surface area contributed by atoms with Crippen LogP contribution in [0.3, 0.4) is 0 Å². The lowest BCUT2D eigenvalue weighted by Gasteiger charge is -2.33. The number of hydrogen-bond acceptors (Lipinski definition) is 4. The summed E-state index contributed by atoms with van der Waals surface area (Å²) < 4.78 is 5.25. The minimum absolute atomic E-state index is 0.226. The van der Waals surface area contributed by atoms with E-state index in [0.717, 1.165) is 18.4 Å². The van der Waals surface area contributed by atoms with Crippen LogP contribution in [0.5, 0.6) is 5.75 Å². The quantitative estimate of drug-likeness (QED) is 0.504. The van der Waals surface area contributed by atoms with Gasteiger partial charge in [-0.3, -0.25) is 4.79 Å². The number of rotatable bonds is 3. The molecule has 0 aromatic heterocycles. The maximum atomic E-state index is 12.8. The molecule has 0 heterocycles. The highest BCUT2D eigenvalue weighted by Gasteiger charge is 2.34. The number of halogens is 2. The van der Waals surface area contributed by atoms with E-state index in [1.165, 1.54) is 19.2 Å². The van der Waals surface area contributed by atoms with Crippen molar-refractivity contribution in [2.75, 3.05) is 12.8 Å². The molecule has 1 amide bonds. The van der Waals surface area contributed by atoms with E-state index in [9.17, 15) is 9.90 Å². The fraction of sp³-hybridized carbons (Fsp3) is 0.318. The maximum Gasteiger partial charge on any atom is 0.255 e. The number of nitrogens with two attached hydrogens (primary N) is 1. The van der Waals surface area contributed by atoms with E-state index < -0.39 is 5.60 Å². The molecule has 0 bridgehead atoms. The van der Waals surface area contributed by atoms with E-state index in [1.807, 2.05) is 12.1 Å². The first-order chi connectivity index (χ1) is 13.8. The second kappa shape index (κ2) is 8.96. The molecule has 4 N–H and O–H groups in total. The normalized spacial score (nSPS) is 21.0. The Balaban J connectivity index is 1.73. The number of methoxy groups -OCH3 is 1. The SMILES string of the molecule is COc1cc(N)c(Cl)cc1C(=O)N[C@H]1CCCC(O)(C#Cc2cccc(Cl)c2)C1. The summed E-state index contributed by atoms with van der Waals surface area (Å²) in [5, 5.41) is 14.7. The van der Waals surface area contributed by atoms with Gasteiger partial charge in [0.05, 0.1) is 23.4 Å². The van der Waals surface area contributed by atoms with Crippen molar-refractivity contribution in [1.29, 1.82) is 0 Å². The molecule has 2 atom stereocenters. The molecule has 2 aromatic rings. The third kappa shape index (κ3) is 5.36. The van der Waals surface area contributed by atoms with E-state index in [-0.39, 0.29) is 17.0 Å². The van der Waals surface area contributed by atoms with Gasteiger partial charge in [0.2, 0.25) is 0 Å². The predicted octanol–water partition coefficient (Wildman–Crippen LogP) is 4.04. The Morgan fingerprint density at radius 3 is 2.86 bits per heavy atom. The molecule has 152 valence electrons. The highest BCUT2D eigenvalue weighted by molar-refractivity contribution is 6.33. The Kier molecular flexibility index (Phi) is 6.59. The van der Waals surface area contributed by atoms with Crippen LogP contribution in [-0.2, 0) is 0 Å². The minimum Gasteiger partial charge on any atom is -0.496 e. The number of hydrogen-bond donors (Lipinski definition) is 3. The first-order valence-corrected chi connectivity index (χ1v) is 10.0. The van der Waals surface area contributed by atoms with Gasteiger partial charge in [0.25, 0.3) is 5.91 Å². The molecule has 5 nitrogen and oxygen atoms in total. The highest BCUT2D eigenvalue weighted by atomic mass is 35.5. The first kappa shape index (κ1) is 21.3. The molecule has 1 aliphatic rings. The average molecular weight is 433 g/mol. The van der Waals surface area contributed by atoms with Crippen LogP contribution in [0.1, 0.15) is 41.6 Å². The average Bonchev–Trinajstić information content (AvgIpc) is 2.68. The topological polar surface area (TPSA) is 84.6 Å². The number of benzene rings is 2. The molecule has 7 heteroatoms. The fourth-order valence-corrected chi connectivity index (χ4v) is 3.78. The van der Waals surface area contributed by atoms with Gasteiger partial charge < -0.3 is 20.9 Å². The highest BCUT2D eigenvalue weighted by Crippen LogP contribution is 2.31. The summed E-state index contributed by atoms with van der Waals surface area (Å²) in [6.45, 7) is 0.